The number of piperazine rings is 1. The van der Waals surface area contributed by atoms with Crippen molar-refractivity contribution in [3.8, 4) is 0 Å². The fourth-order valence-corrected chi connectivity index (χ4v) is 2.91. The summed E-state index contributed by atoms with van der Waals surface area (Å²) in [7, 11) is 1.81. The van der Waals surface area contributed by atoms with Gasteiger partial charge in [-0.15, -0.1) is 0 Å². The highest BCUT2D eigenvalue weighted by molar-refractivity contribution is 5.82. The molecule has 2 rings (SSSR count). The third-order valence-electron chi connectivity index (χ3n) is 4.51. The van der Waals surface area contributed by atoms with Crippen molar-refractivity contribution in [2.75, 3.05) is 46.3 Å². The van der Waals surface area contributed by atoms with Gasteiger partial charge in [-0.3, -0.25) is 14.7 Å². The number of carbonyl (C=O) groups is 1. The average Bonchev–Trinajstić information content (AvgIpc) is 2.62. The van der Waals surface area contributed by atoms with Crippen LogP contribution >= 0.6 is 0 Å². The summed E-state index contributed by atoms with van der Waals surface area (Å²) < 4.78 is 0. The van der Waals surface area contributed by atoms with Crippen molar-refractivity contribution < 1.29 is 4.79 Å². The molecular weight excluding hydrogens is 326 g/mol. The van der Waals surface area contributed by atoms with E-state index in [1.807, 2.05) is 27.8 Å². The summed E-state index contributed by atoms with van der Waals surface area (Å²) in [5.41, 5.74) is 1.01. The summed E-state index contributed by atoms with van der Waals surface area (Å²) >= 11 is 0. The van der Waals surface area contributed by atoms with E-state index in [-0.39, 0.29) is 11.3 Å². The van der Waals surface area contributed by atoms with E-state index in [1.165, 1.54) is 5.56 Å². The average molecular weight is 360 g/mol. The number of nitrogens with zero attached hydrogens (tertiary/aromatic N) is 3. The molecule has 1 aromatic rings. The van der Waals surface area contributed by atoms with Crippen LogP contribution in [-0.2, 0) is 11.3 Å². The van der Waals surface area contributed by atoms with Crippen LogP contribution in [0, 0.1) is 5.41 Å². The van der Waals surface area contributed by atoms with Crippen LogP contribution in [0.2, 0.25) is 0 Å². The van der Waals surface area contributed by atoms with Gasteiger partial charge in [0.15, 0.2) is 5.96 Å². The van der Waals surface area contributed by atoms with Crippen LogP contribution in [0.1, 0.15) is 26.3 Å². The van der Waals surface area contributed by atoms with Gasteiger partial charge in [0.1, 0.15) is 0 Å². The molecular formula is C20H33N5O. The van der Waals surface area contributed by atoms with Crippen LogP contribution in [0.4, 0.5) is 0 Å². The van der Waals surface area contributed by atoms with Crippen molar-refractivity contribution in [1.29, 1.82) is 0 Å². The number of amides is 1. The molecule has 1 aromatic carbocycles. The van der Waals surface area contributed by atoms with Crippen LogP contribution < -0.4 is 10.6 Å². The van der Waals surface area contributed by atoms with Crippen molar-refractivity contribution in [2.45, 2.75) is 27.3 Å². The van der Waals surface area contributed by atoms with E-state index >= 15 is 0 Å². The van der Waals surface area contributed by atoms with Crippen molar-refractivity contribution in [3.63, 3.8) is 0 Å². The third kappa shape index (κ3) is 6.33. The van der Waals surface area contributed by atoms with E-state index in [0.29, 0.717) is 13.1 Å². The molecule has 1 aliphatic rings. The molecule has 1 heterocycles. The highest BCUT2D eigenvalue weighted by Gasteiger charge is 2.21. The number of aliphatic imine (C=N–C) groups is 1. The lowest BCUT2D eigenvalue weighted by Crippen LogP contribution is -2.53. The molecule has 0 spiro atoms. The molecule has 0 bridgehead atoms. The van der Waals surface area contributed by atoms with E-state index in [9.17, 15) is 4.79 Å². The molecule has 2 N–H and O–H groups in total. The highest BCUT2D eigenvalue weighted by Crippen LogP contribution is 2.12. The third-order valence-corrected chi connectivity index (χ3v) is 4.51. The van der Waals surface area contributed by atoms with Gasteiger partial charge >= 0.3 is 0 Å². The Morgan fingerprint density at radius 1 is 1.04 bits per heavy atom. The van der Waals surface area contributed by atoms with Gasteiger partial charge in [0, 0.05) is 58.3 Å². The Morgan fingerprint density at radius 3 is 2.23 bits per heavy atom. The molecule has 0 saturated carbocycles. The van der Waals surface area contributed by atoms with Gasteiger partial charge in [-0.05, 0) is 5.56 Å². The lowest BCUT2D eigenvalue weighted by Gasteiger charge is -2.36. The second-order valence-electron chi connectivity index (χ2n) is 7.73. The molecule has 1 amide bonds. The normalized spacial score (nSPS) is 16.5. The molecule has 0 radical (unpaired) electrons. The maximum absolute atomic E-state index is 11.9. The second-order valence-corrected chi connectivity index (χ2v) is 7.73. The van der Waals surface area contributed by atoms with E-state index in [0.717, 1.165) is 38.7 Å². The molecule has 1 aliphatic heterocycles. The number of guanidine groups is 1. The van der Waals surface area contributed by atoms with Gasteiger partial charge in [-0.25, -0.2) is 0 Å². The number of benzene rings is 1. The first kappa shape index (κ1) is 20.2. The van der Waals surface area contributed by atoms with Crippen LogP contribution in [0.3, 0.4) is 0 Å². The van der Waals surface area contributed by atoms with E-state index in [4.69, 9.17) is 0 Å². The van der Waals surface area contributed by atoms with Crippen LogP contribution in [0.5, 0.6) is 0 Å². The zero-order valence-electron chi connectivity index (χ0n) is 16.6. The molecule has 0 unspecified atom stereocenters. The van der Waals surface area contributed by atoms with Gasteiger partial charge in [0.05, 0.1) is 0 Å². The molecule has 26 heavy (non-hydrogen) atoms. The Balaban J connectivity index is 1.70. The van der Waals surface area contributed by atoms with E-state index in [1.54, 1.807) is 0 Å². The Morgan fingerprint density at radius 2 is 1.65 bits per heavy atom. The van der Waals surface area contributed by atoms with Gasteiger partial charge in [0.25, 0.3) is 0 Å². The number of carbonyl (C=O) groups excluding carboxylic acids is 1. The number of nitrogens with one attached hydrogen (secondary N) is 2. The van der Waals surface area contributed by atoms with E-state index < -0.39 is 0 Å². The van der Waals surface area contributed by atoms with Crippen molar-refractivity contribution in [2.24, 2.45) is 10.4 Å². The minimum absolute atomic E-state index is 0.0730. The summed E-state index contributed by atoms with van der Waals surface area (Å²) in [5.74, 6) is 0.984. The van der Waals surface area contributed by atoms with Gasteiger partial charge < -0.3 is 15.5 Å². The lowest BCUT2D eigenvalue weighted by molar-refractivity contribution is -0.128. The molecule has 0 atom stereocenters. The van der Waals surface area contributed by atoms with Gasteiger partial charge in [-0.1, -0.05) is 51.1 Å². The smallest absolute Gasteiger partial charge is 0.225 e. The monoisotopic (exact) mass is 359 g/mol. The first-order chi connectivity index (χ1) is 12.4. The molecule has 0 aliphatic carbocycles. The molecule has 0 aromatic heterocycles. The fraction of sp³-hybridized carbons (Fsp3) is 0.600. The summed E-state index contributed by atoms with van der Waals surface area (Å²) in [5, 5.41) is 6.31. The quantitative estimate of drug-likeness (QED) is 0.476. The molecule has 6 nitrogen and oxygen atoms in total. The Hall–Kier alpha value is -2.08. The first-order valence-electron chi connectivity index (χ1n) is 9.40. The molecule has 6 heteroatoms. The van der Waals surface area contributed by atoms with Crippen molar-refractivity contribution in [1.82, 2.24) is 20.4 Å². The van der Waals surface area contributed by atoms with Crippen LogP contribution in [-0.4, -0.2) is 68.0 Å². The van der Waals surface area contributed by atoms with Crippen molar-refractivity contribution >= 4 is 11.9 Å². The largest absolute Gasteiger partial charge is 0.354 e. The fourth-order valence-electron chi connectivity index (χ4n) is 2.91. The van der Waals surface area contributed by atoms with Crippen LogP contribution in [0.15, 0.2) is 35.3 Å². The minimum Gasteiger partial charge on any atom is -0.354 e. The number of rotatable bonds is 5. The second kappa shape index (κ2) is 9.57. The Labute approximate surface area is 157 Å². The SMILES string of the molecule is CN=C(NCCNC(=O)C(C)(C)C)N1CCN(Cc2ccccc2)CC1. The van der Waals surface area contributed by atoms with Crippen LogP contribution in [0.25, 0.3) is 0 Å². The highest BCUT2D eigenvalue weighted by atomic mass is 16.2. The summed E-state index contributed by atoms with van der Waals surface area (Å²) in [6.07, 6.45) is 0. The number of hydrogen-bond donors (Lipinski definition) is 2. The minimum atomic E-state index is -0.350. The Kier molecular flexibility index (Phi) is 7.45. The molecule has 144 valence electrons. The maximum atomic E-state index is 11.9. The standard InChI is InChI=1S/C20H33N5O/c1-20(2,3)18(26)22-10-11-23-19(21-4)25-14-12-24(13-15-25)16-17-8-6-5-7-9-17/h5-9H,10-16H2,1-4H3,(H,21,23)(H,22,26). The first-order valence-corrected chi connectivity index (χ1v) is 9.40. The van der Waals surface area contributed by atoms with Gasteiger partial charge in [-0.2, -0.15) is 0 Å². The number of hydrogen-bond acceptors (Lipinski definition) is 3. The molecule has 1 saturated heterocycles. The summed E-state index contributed by atoms with van der Waals surface area (Å²) in [4.78, 5) is 21.0. The predicted octanol–water partition coefficient (Wildman–Crippen LogP) is 1.54. The summed E-state index contributed by atoms with van der Waals surface area (Å²) in [6, 6.07) is 10.6. The lowest BCUT2D eigenvalue weighted by atomic mass is 9.96. The maximum Gasteiger partial charge on any atom is 0.225 e. The predicted molar refractivity (Wildman–Crippen MR) is 107 cm³/mol. The molecule has 1 fully saturated rings. The van der Waals surface area contributed by atoms with Crippen molar-refractivity contribution in [3.05, 3.63) is 35.9 Å². The Bertz CT molecular complexity index is 586. The topological polar surface area (TPSA) is 60.0 Å². The zero-order chi connectivity index (χ0) is 19.0. The summed E-state index contributed by atoms with van der Waals surface area (Å²) in [6.45, 7) is 12.0. The van der Waals surface area contributed by atoms with Gasteiger partial charge in [0.2, 0.25) is 5.91 Å². The zero-order valence-corrected chi connectivity index (χ0v) is 16.6. The van der Waals surface area contributed by atoms with E-state index in [2.05, 4.69) is 55.8 Å².